The SMILES string of the molecule is COC(=O)CCCCCC[C@H]1C(=O)CC2C(C)=CCC[C@@H]21. The minimum atomic E-state index is -0.117. The predicted molar refractivity (Wildman–Crippen MR) is 82.8 cm³/mol. The lowest BCUT2D eigenvalue weighted by Gasteiger charge is -2.28. The van der Waals surface area contributed by atoms with Crippen molar-refractivity contribution in [3.63, 3.8) is 0 Å². The van der Waals surface area contributed by atoms with Crippen LogP contribution in [0.2, 0.25) is 0 Å². The number of hydrogen-bond donors (Lipinski definition) is 0. The number of rotatable bonds is 7. The fourth-order valence-corrected chi connectivity index (χ4v) is 4.06. The monoisotopic (exact) mass is 292 g/mol. The summed E-state index contributed by atoms with van der Waals surface area (Å²) < 4.78 is 4.63. The molecule has 118 valence electrons. The van der Waals surface area contributed by atoms with E-state index in [1.54, 1.807) is 0 Å². The molecular formula is C18H28O3. The number of unbranched alkanes of at least 4 members (excludes halogenated alkanes) is 3. The van der Waals surface area contributed by atoms with Crippen LogP contribution in [0.15, 0.2) is 11.6 Å². The van der Waals surface area contributed by atoms with E-state index in [0.717, 1.165) is 44.9 Å². The Morgan fingerprint density at radius 1 is 1.29 bits per heavy atom. The summed E-state index contributed by atoms with van der Waals surface area (Å²) in [7, 11) is 1.44. The minimum Gasteiger partial charge on any atom is -0.469 e. The first-order valence-electron chi connectivity index (χ1n) is 8.39. The van der Waals surface area contributed by atoms with E-state index in [1.165, 1.54) is 19.1 Å². The van der Waals surface area contributed by atoms with E-state index in [0.29, 0.717) is 30.0 Å². The van der Waals surface area contributed by atoms with E-state index >= 15 is 0 Å². The molecule has 0 N–H and O–H groups in total. The number of esters is 1. The fourth-order valence-electron chi connectivity index (χ4n) is 4.06. The van der Waals surface area contributed by atoms with Crippen molar-refractivity contribution in [1.29, 1.82) is 0 Å². The summed E-state index contributed by atoms with van der Waals surface area (Å²) in [5.41, 5.74) is 1.44. The topological polar surface area (TPSA) is 43.4 Å². The normalized spacial score (nSPS) is 28.2. The van der Waals surface area contributed by atoms with Crippen molar-refractivity contribution in [2.24, 2.45) is 17.8 Å². The summed E-state index contributed by atoms with van der Waals surface area (Å²) >= 11 is 0. The van der Waals surface area contributed by atoms with E-state index in [9.17, 15) is 9.59 Å². The van der Waals surface area contributed by atoms with Gasteiger partial charge in [-0.2, -0.15) is 0 Å². The molecule has 0 bridgehead atoms. The van der Waals surface area contributed by atoms with Crippen LogP contribution in [0.1, 0.15) is 64.7 Å². The molecule has 0 spiro atoms. The van der Waals surface area contributed by atoms with Crippen molar-refractivity contribution < 1.29 is 14.3 Å². The van der Waals surface area contributed by atoms with Crippen molar-refractivity contribution in [3.05, 3.63) is 11.6 Å². The quantitative estimate of drug-likeness (QED) is 0.404. The van der Waals surface area contributed by atoms with Crippen LogP contribution in [-0.2, 0) is 14.3 Å². The molecule has 2 aliphatic carbocycles. The zero-order valence-electron chi connectivity index (χ0n) is 13.4. The van der Waals surface area contributed by atoms with Gasteiger partial charge in [-0.3, -0.25) is 9.59 Å². The Hall–Kier alpha value is -1.12. The Morgan fingerprint density at radius 3 is 2.81 bits per heavy atom. The standard InChI is InChI=1S/C18H28O3/c1-13-8-7-10-14-15(17(19)12-16(13)14)9-5-3-4-6-11-18(20)21-2/h8,14-16H,3-7,9-12H2,1-2H3/t14-,15-,16?/m1/s1. The molecule has 1 unspecified atom stereocenters. The van der Waals surface area contributed by atoms with Gasteiger partial charge in [0.15, 0.2) is 0 Å². The van der Waals surface area contributed by atoms with Crippen molar-refractivity contribution in [3.8, 4) is 0 Å². The van der Waals surface area contributed by atoms with Crippen LogP contribution in [0.5, 0.6) is 0 Å². The minimum absolute atomic E-state index is 0.117. The Balaban J connectivity index is 1.68. The van der Waals surface area contributed by atoms with Crippen molar-refractivity contribution >= 4 is 11.8 Å². The molecule has 0 aliphatic heterocycles. The molecule has 0 heterocycles. The second kappa shape index (κ2) is 7.77. The summed E-state index contributed by atoms with van der Waals surface area (Å²) in [6.07, 6.45) is 11.2. The number of Topliss-reactive ketones (excluding diaryl/α,β-unsaturated/α-hetero) is 1. The first kappa shape index (κ1) is 16.3. The van der Waals surface area contributed by atoms with Crippen molar-refractivity contribution in [2.75, 3.05) is 7.11 Å². The lowest BCUT2D eigenvalue weighted by molar-refractivity contribution is -0.140. The molecule has 0 amide bonds. The van der Waals surface area contributed by atoms with Gasteiger partial charge in [-0.15, -0.1) is 0 Å². The number of carbonyl (C=O) groups is 2. The molecule has 0 aromatic rings. The number of carbonyl (C=O) groups excluding carboxylic acids is 2. The molecule has 0 radical (unpaired) electrons. The number of hydrogen-bond acceptors (Lipinski definition) is 3. The van der Waals surface area contributed by atoms with Crippen LogP contribution in [0, 0.1) is 17.8 Å². The molecule has 2 aliphatic rings. The van der Waals surface area contributed by atoms with E-state index < -0.39 is 0 Å². The molecule has 3 atom stereocenters. The third-order valence-corrected chi connectivity index (χ3v) is 5.29. The van der Waals surface area contributed by atoms with Gasteiger partial charge in [0, 0.05) is 18.8 Å². The zero-order valence-corrected chi connectivity index (χ0v) is 13.4. The van der Waals surface area contributed by atoms with Crippen LogP contribution in [0.25, 0.3) is 0 Å². The van der Waals surface area contributed by atoms with Crippen LogP contribution in [-0.4, -0.2) is 18.9 Å². The van der Waals surface area contributed by atoms with Crippen molar-refractivity contribution in [2.45, 2.75) is 64.7 Å². The van der Waals surface area contributed by atoms with Gasteiger partial charge in [0.2, 0.25) is 0 Å². The third kappa shape index (κ3) is 4.18. The molecule has 0 aromatic carbocycles. The smallest absolute Gasteiger partial charge is 0.305 e. The maximum absolute atomic E-state index is 12.2. The molecule has 3 heteroatoms. The summed E-state index contributed by atoms with van der Waals surface area (Å²) in [6.45, 7) is 2.19. The Bertz CT molecular complexity index is 411. The second-order valence-electron chi connectivity index (χ2n) is 6.60. The summed E-state index contributed by atoms with van der Waals surface area (Å²) in [5, 5.41) is 0. The lowest BCUT2D eigenvalue weighted by Crippen LogP contribution is -2.20. The van der Waals surface area contributed by atoms with E-state index in [1.807, 2.05) is 0 Å². The second-order valence-corrected chi connectivity index (χ2v) is 6.60. The molecule has 21 heavy (non-hydrogen) atoms. The largest absolute Gasteiger partial charge is 0.469 e. The zero-order chi connectivity index (χ0) is 15.2. The molecular weight excluding hydrogens is 264 g/mol. The van der Waals surface area contributed by atoms with Crippen LogP contribution < -0.4 is 0 Å². The van der Waals surface area contributed by atoms with E-state index in [4.69, 9.17) is 0 Å². The highest BCUT2D eigenvalue weighted by molar-refractivity contribution is 5.84. The van der Waals surface area contributed by atoms with Gasteiger partial charge in [-0.05, 0) is 44.4 Å². The Morgan fingerprint density at radius 2 is 2.05 bits per heavy atom. The average molecular weight is 292 g/mol. The molecule has 0 aromatic heterocycles. The number of ketones is 1. The highest BCUT2D eigenvalue weighted by atomic mass is 16.5. The number of allylic oxidation sites excluding steroid dienone is 2. The Labute approximate surface area is 128 Å². The maximum atomic E-state index is 12.2. The fraction of sp³-hybridized carbons (Fsp3) is 0.778. The van der Waals surface area contributed by atoms with Gasteiger partial charge >= 0.3 is 5.97 Å². The van der Waals surface area contributed by atoms with E-state index in [2.05, 4.69) is 17.7 Å². The summed E-state index contributed by atoms with van der Waals surface area (Å²) in [4.78, 5) is 23.3. The average Bonchev–Trinajstić information content (AvgIpc) is 2.80. The summed E-state index contributed by atoms with van der Waals surface area (Å²) in [6, 6.07) is 0. The van der Waals surface area contributed by atoms with Crippen LogP contribution in [0.3, 0.4) is 0 Å². The first-order chi connectivity index (χ1) is 10.1. The highest BCUT2D eigenvalue weighted by Crippen LogP contribution is 2.46. The molecule has 0 saturated heterocycles. The predicted octanol–water partition coefficient (Wildman–Crippen LogP) is 4.06. The van der Waals surface area contributed by atoms with E-state index in [-0.39, 0.29) is 5.97 Å². The molecule has 2 rings (SSSR count). The number of methoxy groups -OCH3 is 1. The third-order valence-electron chi connectivity index (χ3n) is 5.29. The van der Waals surface area contributed by atoms with Crippen molar-refractivity contribution in [1.82, 2.24) is 0 Å². The van der Waals surface area contributed by atoms with Gasteiger partial charge in [0.1, 0.15) is 5.78 Å². The number of fused-ring (bicyclic) bond motifs is 1. The van der Waals surface area contributed by atoms with Gasteiger partial charge in [0.05, 0.1) is 7.11 Å². The first-order valence-corrected chi connectivity index (χ1v) is 8.39. The van der Waals surface area contributed by atoms with Gasteiger partial charge < -0.3 is 4.74 Å². The number of ether oxygens (including phenoxy) is 1. The molecule has 3 nitrogen and oxygen atoms in total. The lowest BCUT2D eigenvalue weighted by atomic mass is 9.76. The van der Waals surface area contributed by atoms with Gasteiger partial charge in [-0.1, -0.05) is 30.9 Å². The molecule has 1 fully saturated rings. The van der Waals surface area contributed by atoms with Gasteiger partial charge in [-0.25, -0.2) is 0 Å². The Kier molecular flexibility index (Phi) is 6.01. The maximum Gasteiger partial charge on any atom is 0.305 e. The van der Waals surface area contributed by atoms with Crippen LogP contribution in [0.4, 0.5) is 0 Å². The summed E-state index contributed by atoms with van der Waals surface area (Å²) in [5.74, 6) is 1.83. The highest BCUT2D eigenvalue weighted by Gasteiger charge is 2.42. The van der Waals surface area contributed by atoms with Crippen LogP contribution >= 0.6 is 0 Å². The van der Waals surface area contributed by atoms with Gasteiger partial charge in [0.25, 0.3) is 0 Å². The molecule has 1 saturated carbocycles.